The van der Waals surface area contributed by atoms with Gasteiger partial charge in [0.1, 0.15) is 0 Å². The number of hydrogen-bond donors (Lipinski definition) is 0. The van der Waals surface area contributed by atoms with E-state index >= 15 is 0 Å². The first-order valence-electron chi connectivity index (χ1n) is 9.75. The van der Waals surface area contributed by atoms with Crippen molar-refractivity contribution in [3.8, 4) is 19.8 Å². The lowest BCUT2D eigenvalue weighted by Gasteiger charge is -2.01. The molecule has 0 bridgehead atoms. The largest absolute Gasteiger partial charge is 0.239 e. The number of benzene rings is 2. The van der Waals surface area contributed by atoms with Crippen molar-refractivity contribution in [2.45, 2.75) is 27.7 Å². The quantitative estimate of drug-likeness (QED) is 0.257. The standard InChI is InChI=1S/C24H18N2S4/c1-11-9-17-15-6-8-20-18(16(15)5-7-19(17)27-11)10-21(29-20)22-13(3)26-24(30-22)23-25-12(2)14(4)28-23/h5-10H,1-4H3. The Morgan fingerprint density at radius 2 is 1.23 bits per heavy atom. The van der Waals surface area contributed by atoms with Gasteiger partial charge in [-0.1, -0.05) is 12.1 Å². The van der Waals surface area contributed by atoms with E-state index in [1.165, 1.54) is 50.5 Å². The number of thiazole rings is 2. The Hall–Kier alpha value is -2.12. The molecule has 4 heterocycles. The Kier molecular flexibility index (Phi) is 4.15. The van der Waals surface area contributed by atoms with Crippen molar-refractivity contribution in [3.63, 3.8) is 0 Å². The molecule has 6 aromatic rings. The summed E-state index contributed by atoms with van der Waals surface area (Å²) in [5.74, 6) is 0. The molecular weight excluding hydrogens is 445 g/mol. The number of thiophene rings is 2. The van der Waals surface area contributed by atoms with Gasteiger partial charge in [0.2, 0.25) is 0 Å². The molecule has 0 saturated carbocycles. The van der Waals surface area contributed by atoms with E-state index in [2.05, 4.69) is 64.1 Å². The van der Waals surface area contributed by atoms with Crippen molar-refractivity contribution in [1.82, 2.24) is 9.97 Å². The van der Waals surface area contributed by atoms with Crippen molar-refractivity contribution in [3.05, 3.63) is 57.5 Å². The SMILES string of the molecule is Cc1cc2c(ccc3c4cc(-c5sc(-c6nc(C)c(C)s6)nc5C)sc4ccc23)s1. The minimum absolute atomic E-state index is 1.03. The van der Waals surface area contributed by atoms with Gasteiger partial charge >= 0.3 is 0 Å². The zero-order chi connectivity index (χ0) is 20.6. The van der Waals surface area contributed by atoms with E-state index in [0.29, 0.717) is 0 Å². The third-order valence-corrected chi connectivity index (χ3v) is 10.2. The molecule has 0 N–H and O–H groups in total. The Bertz CT molecular complexity index is 1570. The third-order valence-electron chi connectivity index (χ3n) is 5.55. The minimum atomic E-state index is 1.03. The van der Waals surface area contributed by atoms with E-state index in [9.17, 15) is 0 Å². The van der Waals surface area contributed by atoms with E-state index in [1.807, 2.05) is 22.7 Å². The average molecular weight is 463 g/mol. The van der Waals surface area contributed by atoms with Crippen LogP contribution >= 0.6 is 45.3 Å². The second kappa shape index (κ2) is 6.69. The topological polar surface area (TPSA) is 25.8 Å². The normalized spacial score (nSPS) is 12.0. The minimum Gasteiger partial charge on any atom is -0.239 e. The molecule has 0 spiro atoms. The number of rotatable bonds is 2. The molecule has 0 radical (unpaired) electrons. The highest BCUT2D eigenvalue weighted by molar-refractivity contribution is 7.28. The molecule has 0 aliphatic rings. The summed E-state index contributed by atoms with van der Waals surface area (Å²) in [6.07, 6.45) is 0. The van der Waals surface area contributed by atoms with Gasteiger partial charge in [0.05, 0.1) is 16.3 Å². The van der Waals surface area contributed by atoms with E-state index in [-0.39, 0.29) is 0 Å². The second-order valence-corrected chi connectivity index (χ2v) is 12.2. The molecular formula is C24H18N2S4. The van der Waals surface area contributed by atoms with Gasteiger partial charge in [0.25, 0.3) is 0 Å². The van der Waals surface area contributed by atoms with Gasteiger partial charge in [-0.25, -0.2) is 9.97 Å². The van der Waals surface area contributed by atoms with Crippen LogP contribution in [0, 0.1) is 27.7 Å². The highest BCUT2D eigenvalue weighted by Crippen LogP contribution is 2.44. The fourth-order valence-electron chi connectivity index (χ4n) is 3.97. The molecule has 0 aliphatic heterocycles. The van der Waals surface area contributed by atoms with Crippen LogP contribution in [0.1, 0.15) is 21.1 Å². The van der Waals surface area contributed by atoms with Crippen molar-refractivity contribution in [1.29, 1.82) is 0 Å². The average Bonchev–Trinajstić information content (AvgIpc) is 3.46. The third kappa shape index (κ3) is 2.78. The van der Waals surface area contributed by atoms with Crippen molar-refractivity contribution >= 4 is 76.3 Å². The van der Waals surface area contributed by atoms with Gasteiger partial charge in [0.15, 0.2) is 10.0 Å². The fourth-order valence-corrected chi connectivity index (χ4v) is 8.13. The van der Waals surface area contributed by atoms with Gasteiger partial charge < -0.3 is 0 Å². The summed E-state index contributed by atoms with van der Waals surface area (Å²) in [5, 5.41) is 7.47. The van der Waals surface area contributed by atoms with Crippen molar-refractivity contribution in [2.24, 2.45) is 0 Å². The first kappa shape index (κ1) is 18.6. The maximum atomic E-state index is 4.86. The first-order valence-corrected chi connectivity index (χ1v) is 13.0. The molecule has 2 nitrogen and oxygen atoms in total. The highest BCUT2D eigenvalue weighted by atomic mass is 32.1. The van der Waals surface area contributed by atoms with Crippen LogP contribution < -0.4 is 0 Å². The molecule has 0 aliphatic carbocycles. The Morgan fingerprint density at radius 1 is 0.600 bits per heavy atom. The lowest BCUT2D eigenvalue weighted by molar-refractivity contribution is 1.21. The smallest absolute Gasteiger partial charge is 0.153 e. The van der Waals surface area contributed by atoms with Crippen LogP contribution in [0.25, 0.3) is 50.7 Å². The van der Waals surface area contributed by atoms with Gasteiger partial charge in [-0.3, -0.25) is 0 Å². The lowest BCUT2D eigenvalue weighted by atomic mass is 10.0. The Balaban J connectivity index is 1.53. The van der Waals surface area contributed by atoms with E-state index in [0.717, 1.165) is 21.4 Å². The summed E-state index contributed by atoms with van der Waals surface area (Å²) in [6.45, 7) is 8.50. The summed E-state index contributed by atoms with van der Waals surface area (Å²) in [6, 6.07) is 13.8. The molecule has 0 atom stereocenters. The number of fused-ring (bicyclic) bond motifs is 5. The van der Waals surface area contributed by atoms with Crippen LogP contribution in [0.4, 0.5) is 0 Å². The second-order valence-electron chi connectivity index (χ2n) is 7.61. The van der Waals surface area contributed by atoms with Crippen LogP contribution in [0.5, 0.6) is 0 Å². The van der Waals surface area contributed by atoms with Crippen LogP contribution in [-0.2, 0) is 0 Å². The summed E-state index contributed by atoms with van der Waals surface area (Å²) < 4.78 is 2.70. The lowest BCUT2D eigenvalue weighted by Crippen LogP contribution is -1.77. The Labute approximate surface area is 190 Å². The summed E-state index contributed by atoms with van der Waals surface area (Å²) >= 11 is 7.23. The summed E-state index contributed by atoms with van der Waals surface area (Å²) in [7, 11) is 0. The van der Waals surface area contributed by atoms with Crippen LogP contribution in [0.2, 0.25) is 0 Å². The molecule has 30 heavy (non-hydrogen) atoms. The number of aromatic nitrogens is 2. The van der Waals surface area contributed by atoms with Gasteiger partial charge in [0, 0.05) is 34.8 Å². The molecule has 2 aromatic carbocycles. The van der Waals surface area contributed by atoms with E-state index in [4.69, 9.17) is 9.97 Å². The maximum absolute atomic E-state index is 4.86. The molecule has 0 fully saturated rings. The molecule has 6 rings (SSSR count). The predicted octanol–water partition coefficient (Wildman–Crippen LogP) is 8.75. The summed E-state index contributed by atoms with van der Waals surface area (Å²) in [4.78, 5) is 14.8. The molecule has 0 unspecified atom stereocenters. The summed E-state index contributed by atoms with van der Waals surface area (Å²) in [5.41, 5.74) is 2.19. The maximum Gasteiger partial charge on any atom is 0.153 e. The van der Waals surface area contributed by atoms with Gasteiger partial charge in [-0.05, 0) is 62.7 Å². The molecule has 4 aromatic heterocycles. The van der Waals surface area contributed by atoms with E-state index in [1.54, 1.807) is 22.7 Å². The van der Waals surface area contributed by atoms with E-state index < -0.39 is 0 Å². The van der Waals surface area contributed by atoms with Gasteiger partial charge in [-0.15, -0.1) is 45.3 Å². The molecule has 148 valence electrons. The molecule has 0 amide bonds. The zero-order valence-electron chi connectivity index (χ0n) is 17.0. The molecule has 6 heteroatoms. The van der Waals surface area contributed by atoms with Crippen LogP contribution in [-0.4, -0.2) is 9.97 Å². The van der Waals surface area contributed by atoms with Crippen molar-refractivity contribution < 1.29 is 0 Å². The molecule has 0 saturated heterocycles. The Morgan fingerprint density at radius 3 is 1.93 bits per heavy atom. The first-order chi connectivity index (χ1) is 14.5. The number of aryl methyl sites for hydroxylation is 4. The monoisotopic (exact) mass is 462 g/mol. The van der Waals surface area contributed by atoms with Crippen LogP contribution in [0.3, 0.4) is 0 Å². The van der Waals surface area contributed by atoms with Crippen molar-refractivity contribution in [2.75, 3.05) is 0 Å². The number of hydrogen-bond acceptors (Lipinski definition) is 6. The number of nitrogens with zero attached hydrogens (tertiary/aromatic N) is 2. The predicted molar refractivity (Wildman–Crippen MR) is 136 cm³/mol. The van der Waals surface area contributed by atoms with Crippen LogP contribution in [0.15, 0.2) is 36.4 Å². The van der Waals surface area contributed by atoms with Gasteiger partial charge in [-0.2, -0.15) is 0 Å². The fraction of sp³-hybridized carbons (Fsp3) is 0.167. The highest BCUT2D eigenvalue weighted by Gasteiger charge is 2.17. The zero-order valence-corrected chi connectivity index (χ0v) is 20.3.